The molecule has 10 heteroatoms. The Hall–Kier alpha value is -4.11. The maximum absolute atomic E-state index is 13.3. The monoisotopic (exact) mass is 650 g/mol. The molecule has 1 fully saturated rings. The minimum atomic E-state index is -0.858. The van der Waals surface area contributed by atoms with Gasteiger partial charge in [-0.05, 0) is 71.3 Å². The van der Waals surface area contributed by atoms with Crippen LogP contribution in [0.5, 0.6) is 11.5 Å². The molecular formula is C31H21BrCl2N2O5. The highest BCUT2D eigenvalue weighted by Gasteiger charge is 2.36. The highest BCUT2D eigenvalue weighted by molar-refractivity contribution is 9.10. The number of barbiturate groups is 1. The summed E-state index contributed by atoms with van der Waals surface area (Å²) < 4.78 is 12.5. The van der Waals surface area contributed by atoms with Crippen LogP contribution >= 0.6 is 39.1 Å². The van der Waals surface area contributed by atoms with Gasteiger partial charge >= 0.3 is 6.03 Å². The minimum absolute atomic E-state index is 0.198. The molecule has 4 amide bonds. The number of hydrogen-bond donors (Lipinski definition) is 1. The Morgan fingerprint density at radius 3 is 2.05 bits per heavy atom. The molecule has 0 saturated carbocycles. The zero-order chi connectivity index (χ0) is 28.9. The highest BCUT2D eigenvalue weighted by atomic mass is 79.9. The smallest absolute Gasteiger partial charge is 0.335 e. The highest BCUT2D eigenvalue weighted by Crippen LogP contribution is 2.36. The van der Waals surface area contributed by atoms with Crippen LogP contribution in [0.2, 0.25) is 10.0 Å². The average molecular weight is 652 g/mol. The first-order valence-corrected chi connectivity index (χ1v) is 13.9. The Balaban J connectivity index is 1.32. The van der Waals surface area contributed by atoms with Gasteiger partial charge in [-0.25, -0.2) is 9.69 Å². The number of carbonyl (C=O) groups is 3. The van der Waals surface area contributed by atoms with Gasteiger partial charge in [0.05, 0.1) is 15.7 Å². The van der Waals surface area contributed by atoms with Crippen molar-refractivity contribution >= 4 is 68.7 Å². The largest absolute Gasteiger partial charge is 0.489 e. The van der Waals surface area contributed by atoms with Gasteiger partial charge in [0.25, 0.3) is 11.8 Å². The third-order valence-corrected chi connectivity index (χ3v) is 7.16. The predicted octanol–water partition coefficient (Wildman–Crippen LogP) is 7.58. The Bertz CT molecular complexity index is 1620. The van der Waals surface area contributed by atoms with Crippen LogP contribution in [-0.4, -0.2) is 17.8 Å². The number of anilines is 1. The van der Waals surface area contributed by atoms with Gasteiger partial charge < -0.3 is 9.47 Å². The lowest BCUT2D eigenvalue weighted by Gasteiger charge is -2.26. The lowest BCUT2D eigenvalue weighted by Crippen LogP contribution is -2.54. The molecule has 4 aromatic carbocycles. The second-order valence-electron chi connectivity index (χ2n) is 8.95. The van der Waals surface area contributed by atoms with E-state index < -0.39 is 17.8 Å². The fourth-order valence-corrected chi connectivity index (χ4v) is 4.91. The van der Waals surface area contributed by atoms with E-state index in [-0.39, 0.29) is 33.7 Å². The van der Waals surface area contributed by atoms with Crippen LogP contribution in [0.1, 0.15) is 16.7 Å². The number of hydrogen-bond acceptors (Lipinski definition) is 5. The van der Waals surface area contributed by atoms with Crippen molar-refractivity contribution in [2.75, 3.05) is 4.90 Å². The standard InChI is InChI=1S/C31H21BrCl2N2O5/c32-22-8-6-20(7-9-22)18-41-28-26(33)15-21(16-27(28)34)14-25-29(37)35-31(39)36(30(25)38)23-10-12-24(13-11-23)40-17-19-4-2-1-3-5-19/h1-16H,17-18H2,(H,35,37,39)/b25-14+. The van der Waals surface area contributed by atoms with Crippen molar-refractivity contribution in [1.82, 2.24) is 5.32 Å². The van der Waals surface area contributed by atoms with Gasteiger partial charge in [0.2, 0.25) is 0 Å². The normalized spacial score (nSPS) is 14.3. The average Bonchev–Trinajstić information content (AvgIpc) is 2.96. The Kier molecular flexibility index (Phi) is 8.73. The lowest BCUT2D eigenvalue weighted by atomic mass is 10.1. The third kappa shape index (κ3) is 6.79. The molecule has 0 aliphatic carbocycles. The third-order valence-electron chi connectivity index (χ3n) is 6.07. The van der Waals surface area contributed by atoms with E-state index in [9.17, 15) is 14.4 Å². The van der Waals surface area contributed by atoms with Crippen molar-refractivity contribution in [3.05, 3.63) is 128 Å². The van der Waals surface area contributed by atoms with Crippen LogP contribution in [-0.2, 0) is 22.8 Å². The summed E-state index contributed by atoms with van der Waals surface area (Å²) in [4.78, 5) is 39.5. The SMILES string of the molecule is O=C1NC(=O)N(c2ccc(OCc3ccccc3)cc2)C(=O)/C1=C/c1cc(Cl)c(OCc2ccc(Br)cc2)c(Cl)c1. The van der Waals surface area contributed by atoms with E-state index in [1.54, 1.807) is 24.3 Å². The van der Waals surface area contributed by atoms with Crippen molar-refractivity contribution < 1.29 is 23.9 Å². The van der Waals surface area contributed by atoms with Gasteiger partial charge in [-0.15, -0.1) is 0 Å². The Morgan fingerprint density at radius 1 is 0.780 bits per heavy atom. The minimum Gasteiger partial charge on any atom is -0.489 e. The summed E-state index contributed by atoms with van der Waals surface area (Å²) in [5.74, 6) is -0.799. The van der Waals surface area contributed by atoms with E-state index in [1.165, 1.54) is 18.2 Å². The number of imide groups is 2. The number of carbonyl (C=O) groups excluding carboxylic acids is 3. The molecule has 5 rings (SSSR count). The van der Waals surface area contributed by atoms with Crippen LogP contribution in [0.3, 0.4) is 0 Å². The van der Waals surface area contributed by atoms with Crippen LogP contribution in [0.4, 0.5) is 10.5 Å². The fraction of sp³-hybridized carbons (Fsp3) is 0.0645. The Morgan fingerprint density at radius 2 is 1.39 bits per heavy atom. The molecule has 0 atom stereocenters. The van der Waals surface area contributed by atoms with E-state index in [1.807, 2.05) is 54.6 Å². The summed E-state index contributed by atoms with van der Waals surface area (Å²) in [7, 11) is 0. The van der Waals surface area contributed by atoms with Crippen LogP contribution in [0.25, 0.3) is 6.08 Å². The fourth-order valence-electron chi connectivity index (χ4n) is 4.03. The molecule has 7 nitrogen and oxygen atoms in total. The van der Waals surface area contributed by atoms with Crippen LogP contribution in [0, 0.1) is 0 Å². The van der Waals surface area contributed by atoms with Gasteiger partial charge in [-0.2, -0.15) is 0 Å². The van der Waals surface area contributed by atoms with Crippen molar-refractivity contribution in [2.24, 2.45) is 0 Å². The summed E-state index contributed by atoms with van der Waals surface area (Å²) in [5, 5.41) is 2.60. The number of nitrogens with one attached hydrogen (secondary N) is 1. The number of nitrogens with zero attached hydrogens (tertiary/aromatic N) is 1. The molecule has 1 saturated heterocycles. The molecular weight excluding hydrogens is 631 g/mol. The quantitative estimate of drug-likeness (QED) is 0.157. The van der Waals surface area contributed by atoms with E-state index in [4.69, 9.17) is 32.7 Å². The molecule has 41 heavy (non-hydrogen) atoms. The molecule has 1 N–H and O–H groups in total. The summed E-state index contributed by atoms with van der Waals surface area (Å²) in [6.45, 7) is 0.602. The maximum Gasteiger partial charge on any atom is 0.335 e. The van der Waals surface area contributed by atoms with Crippen molar-refractivity contribution in [3.8, 4) is 11.5 Å². The van der Waals surface area contributed by atoms with Crippen molar-refractivity contribution in [3.63, 3.8) is 0 Å². The molecule has 0 bridgehead atoms. The number of amides is 4. The second-order valence-corrected chi connectivity index (χ2v) is 10.7. The number of ether oxygens (including phenoxy) is 2. The number of benzene rings is 4. The molecule has 1 aliphatic heterocycles. The maximum atomic E-state index is 13.3. The van der Waals surface area contributed by atoms with Crippen LogP contribution < -0.4 is 19.7 Å². The summed E-state index contributed by atoms with van der Waals surface area (Å²) >= 11 is 16.3. The van der Waals surface area contributed by atoms with Crippen LogP contribution in [0.15, 0.2) is 101 Å². The zero-order valence-electron chi connectivity index (χ0n) is 21.3. The van der Waals surface area contributed by atoms with E-state index >= 15 is 0 Å². The van der Waals surface area contributed by atoms with Crippen molar-refractivity contribution in [2.45, 2.75) is 13.2 Å². The molecule has 1 heterocycles. The summed E-state index contributed by atoms with van der Waals surface area (Å²) in [6.07, 6.45) is 1.32. The number of halogens is 3. The molecule has 0 spiro atoms. The molecule has 0 radical (unpaired) electrons. The van der Waals surface area contributed by atoms with E-state index in [0.717, 1.165) is 20.5 Å². The Labute approximate surface area is 254 Å². The summed E-state index contributed by atoms with van der Waals surface area (Å²) in [5.41, 5.74) is 2.31. The zero-order valence-corrected chi connectivity index (χ0v) is 24.4. The first kappa shape index (κ1) is 28.4. The van der Waals surface area contributed by atoms with Gasteiger partial charge in [0.1, 0.15) is 24.5 Å². The van der Waals surface area contributed by atoms with Gasteiger partial charge in [-0.3, -0.25) is 14.9 Å². The molecule has 1 aliphatic rings. The summed E-state index contributed by atoms with van der Waals surface area (Å²) in [6, 6.07) is 25.9. The topological polar surface area (TPSA) is 84.9 Å². The molecule has 0 unspecified atom stereocenters. The van der Waals surface area contributed by atoms with Crippen molar-refractivity contribution in [1.29, 1.82) is 0 Å². The lowest BCUT2D eigenvalue weighted by molar-refractivity contribution is -0.122. The molecule has 0 aromatic heterocycles. The van der Waals surface area contributed by atoms with E-state index in [2.05, 4.69) is 21.2 Å². The molecule has 4 aromatic rings. The first-order valence-electron chi connectivity index (χ1n) is 12.3. The second kappa shape index (κ2) is 12.6. The van der Waals surface area contributed by atoms with Gasteiger partial charge in [0, 0.05) is 4.47 Å². The number of urea groups is 1. The van der Waals surface area contributed by atoms with Gasteiger partial charge in [-0.1, -0.05) is 81.6 Å². The first-order chi connectivity index (χ1) is 19.8. The van der Waals surface area contributed by atoms with E-state index in [0.29, 0.717) is 17.9 Å². The molecule has 206 valence electrons. The predicted molar refractivity (Wildman–Crippen MR) is 161 cm³/mol. The number of rotatable bonds is 8. The van der Waals surface area contributed by atoms with Gasteiger partial charge in [0.15, 0.2) is 5.75 Å².